The molecule has 0 aliphatic carbocycles. The minimum atomic E-state index is -1.06. The van der Waals surface area contributed by atoms with E-state index in [4.69, 9.17) is 5.11 Å². The average molecular weight is 290 g/mol. The number of rotatable bonds is 2. The molecule has 4 nitrogen and oxygen atoms in total. The van der Waals surface area contributed by atoms with Crippen LogP contribution in [0.1, 0.15) is 21.6 Å². The third-order valence-corrected chi connectivity index (χ3v) is 3.53. The SMILES string of the molecule is O=C(O)c1cc2c(cn1)CN(c1cc(F)cc(F)c1)CC2. The van der Waals surface area contributed by atoms with Crippen molar-refractivity contribution >= 4 is 11.7 Å². The minimum absolute atomic E-state index is 0.0130. The predicted molar refractivity (Wildman–Crippen MR) is 72.3 cm³/mol. The van der Waals surface area contributed by atoms with Crippen LogP contribution in [0.4, 0.5) is 14.5 Å². The molecule has 6 heteroatoms. The molecule has 1 aliphatic heterocycles. The summed E-state index contributed by atoms with van der Waals surface area (Å²) in [5.74, 6) is -2.29. The summed E-state index contributed by atoms with van der Waals surface area (Å²) in [5, 5.41) is 8.92. The third kappa shape index (κ3) is 2.69. The van der Waals surface area contributed by atoms with E-state index in [1.165, 1.54) is 18.3 Å². The van der Waals surface area contributed by atoms with Gasteiger partial charge in [-0.3, -0.25) is 0 Å². The molecule has 3 rings (SSSR count). The van der Waals surface area contributed by atoms with E-state index in [1.54, 1.807) is 6.07 Å². The first-order chi connectivity index (χ1) is 10.0. The van der Waals surface area contributed by atoms with Gasteiger partial charge >= 0.3 is 5.97 Å². The van der Waals surface area contributed by atoms with Gasteiger partial charge in [-0.15, -0.1) is 0 Å². The van der Waals surface area contributed by atoms with Crippen molar-refractivity contribution in [2.24, 2.45) is 0 Å². The molecule has 2 aromatic rings. The molecule has 1 aromatic carbocycles. The van der Waals surface area contributed by atoms with Crippen molar-refractivity contribution in [2.45, 2.75) is 13.0 Å². The van der Waals surface area contributed by atoms with Crippen LogP contribution >= 0.6 is 0 Å². The number of fused-ring (bicyclic) bond motifs is 1. The molecule has 21 heavy (non-hydrogen) atoms. The molecule has 0 saturated heterocycles. The molecule has 0 atom stereocenters. The number of pyridine rings is 1. The summed E-state index contributed by atoms with van der Waals surface area (Å²) in [6.45, 7) is 1.02. The number of anilines is 1. The van der Waals surface area contributed by atoms with Gasteiger partial charge in [-0.1, -0.05) is 0 Å². The van der Waals surface area contributed by atoms with Crippen LogP contribution < -0.4 is 4.90 Å². The normalized spacial score (nSPS) is 13.9. The second-order valence-corrected chi connectivity index (χ2v) is 4.94. The second-order valence-electron chi connectivity index (χ2n) is 4.94. The molecule has 0 bridgehead atoms. The highest BCUT2D eigenvalue weighted by atomic mass is 19.1. The van der Waals surface area contributed by atoms with Crippen LogP contribution in [0.25, 0.3) is 0 Å². The molecule has 108 valence electrons. The van der Waals surface area contributed by atoms with Crippen LogP contribution in [-0.4, -0.2) is 22.6 Å². The molecule has 1 aromatic heterocycles. The lowest BCUT2D eigenvalue weighted by Crippen LogP contribution is -2.31. The zero-order valence-electron chi connectivity index (χ0n) is 11.0. The summed E-state index contributed by atoms with van der Waals surface area (Å²) < 4.78 is 26.6. The molecule has 0 fully saturated rings. The van der Waals surface area contributed by atoms with Crippen molar-refractivity contribution in [3.8, 4) is 0 Å². The van der Waals surface area contributed by atoms with E-state index in [-0.39, 0.29) is 5.69 Å². The third-order valence-electron chi connectivity index (χ3n) is 3.53. The fraction of sp³-hybridized carbons (Fsp3) is 0.200. The van der Waals surface area contributed by atoms with Crippen LogP contribution in [0, 0.1) is 11.6 Å². The Hall–Kier alpha value is -2.50. The van der Waals surface area contributed by atoms with Gasteiger partial charge in [0.2, 0.25) is 0 Å². The Morgan fingerprint density at radius 2 is 1.86 bits per heavy atom. The minimum Gasteiger partial charge on any atom is -0.477 e. The second kappa shape index (κ2) is 5.12. The largest absolute Gasteiger partial charge is 0.477 e. The first-order valence-corrected chi connectivity index (χ1v) is 6.45. The van der Waals surface area contributed by atoms with E-state index in [0.29, 0.717) is 25.2 Å². The molecule has 2 heterocycles. The number of nitrogens with zero attached hydrogens (tertiary/aromatic N) is 2. The fourth-order valence-electron chi connectivity index (χ4n) is 2.50. The molecule has 0 amide bonds. The quantitative estimate of drug-likeness (QED) is 0.923. The Morgan fingerprint density at radius 3 is 2.52 bits per heavy atom. The van der Waals surface area contributed by atoms with Gasteiger partial charge in [0, 0.05) is 31.0 Å². The Kier molecular flexibility index (Phi) is 3.29. The molecule has 0 radical (unpaired) electrons. The number of hydrogen-bond acceptors (Lipinski definition) is 3. The lowest BCUT2D eigenvalue weighted by atomic mass is 10.0. The highest BCUT2D eigenvalue weighted by Crippen LogP contribution is 2.25. The maximum atomic E-state index is 13.3. The Bertz CT molecular complexity index is 699. The summed E-state index contributed by atoms with van der Waals surface area (Å²) >= 11 is 0. The van der Waals surface area contributed by atoms with Crippen molar-refractivity contribution in [3.63, 3.8) is 0 Å². The maximum Gasteiger partial charge on any atom is 0.354 e. The summed E-state index contributed by atoms with van der Waals surface area (Å²) in [5.41, 5.74) is 2.27. The number of hydrogen-bond donors (Lipinski definition) is 1. The van der Waals surface area contributed by atoms with E-state index >= 15 is 0 Å². The highest BCUT2D eigenvalue weighted by molar-refractivity contribution is 5.85. The monoisotopic (exact) mass is 290 g/mol. The topological polar surface area (TPSA) is 53.4 Å². The van der Waals surface area contributed by atoms with Gasteiger partial charge in [0.1, 0.15) is 17.3 Å². The lowest BCUT2D eigenvalue weighted by molar-refractivity contribution is 0.0690. The summed E-state index contributed by atoms with van der Waals surface area (Å²) in [6.07, 6.45) is 2.12. The molecular weight excluding hydrogens is 278 g/mol. The van der Waals surface area contributed by atoms with E-state index < -0.39 is 17.6 Å². The Labute approximate surface area is 119 Å². The molecule has 1 N–H and O–H groups in total. The van der Waals surface area contributed by atoms with E-state index in [0.717, 1.165) is 17.2 Å². The number of benzene rings is 1. The number of carboxylic acid groups (broad SMARTS) is 1. The Morgan fingerprint density at radius 1 is 1.14 bits per heavy atom. The zero-order chi connectivity index (χ0) is 15.0. The number of aromatic carboxylic acids is 1. The van der Waals surface area contributed by atoms with E-state index in [9.17, 15) is 13.6 Å². The maximum absolute atomic E-state index is 13.3. The van der Waals surface area contributed by atoms with Gasteiger partial charge in [0.05, 0.1) is 0 Å². The predicted octanol–water partition coefficient (Wildman–Crippen LogP) is 2.62. The van der Waals surface area contributed by atoms with Crippen LogP contribution in [0.2, 0.25) is 0 Å². The number of aromatic nitrogens is 1. The standard InChI is InChI=1S/C15H12F2N2O2/c16-11-4-12(17)6-13(5-11)19-2-1-9-3-14(15(20)21)18-7-10(9)8-19/h3-7H,1-2,8H2,(H,20,21). The van der Waals surface area contributed by atoms with Crippen LogP contribution in [0.5, 0.6) is 0 Å². The van der Waals surface area contributed by atoms with E-state index in [2.05, 4.69) is 4.98 Å². The molecule has 0 saturated carbocycles. The van der Waals surface area contributed by atoms with Crippen molar-refractivity contribution in [2.75, 3.05) is 11.4 Å². The average Bonchev–Trinajstić information content (AvgIpc) is 2.45. The molecule has 1 aliphatic rings. The first kappa shape index (κ1) is 13.5. The van der Waals surface area contributed by atoms with Gasteiger partial charge < -0.3 is 10.0 Å². The van der Waals surface area contributed by atoms with Gasteiger partial charge in [0.15, 0.2) is 0 Å². The number of carbonyl (C=O) groups is 1. The summed E-state index contributed by atoms with van der Waals surface area (Å²) in [7, 11) is 0. The van der Waals surface area contributed by atoms with Gasteiger partial charge in [-0.25, -0.2) is 18.6 Å². The van der Waals surface area contributed by atoms with E-state index in [1.807, 2.05) is 4.90 Å². The fourth-order valence-corrected chi connectivity index (χ4v) is 2.50. The molecule has 0 spiro atoms. The van der Waals surface area contributed by atoms with Crippen molar-refractivity contribution in [1.29, 1.82) is 0 Å². The number of halogens is 2. The van der Waals surface area contributed by atoms with Crippen LogP contribution in [-0.2, 0) is 13.0 Å². The highest BCUT2D eigenvalue weighted by Gasteiger charge is 2.19. The van der Waals surface area contributed by atoms with Crippen molar-refractivity contribution in [3.05, 3.63) is 58.9 Å². The van der Waals surface area contributed by atoms with Crippen LogP contribution in [0.3, 0.4) is 0 Å². The first-order valence-electron chi connectivity index (χ1n) is 6.45. The Balaban J connectivity index is 1.89. The summed E-state index contributed by atoms with van der Waals surface area (Å²) in [4.78, 5) is 16.6. The van der Waals surface area contributed by atoms with Crippen molar-refractivity contribution < 1.29 is 18.7 Å². The van der Waals surface area contributed by atoms with Gasteiger partial charge in [-0.05, 0) is 35.7 Å². The molecular formula is C15H12F2N2O2. The zero-order valence-corrected chi connectivity index (χ0v) is 11.0. The van der Waals surface area contributed by atoms with Crippen molar-refractivity contribution in [1.82, 2.24) is 4.98 Å². The lowest BCUT2D eigenvalue weighted by Gasteiger charge is -2.30. The molecule has 0 unspecified atom stereocenters. The smallest absolute Gasteiger partial charge is 0.354 e. The van der Waals surface area contributed by atoms with Crippen LogP contribution in [0.15, 0.2) is 30.5 Å². The number of carboxylic acids is 1. The van der Waals surface area contributed by atoms with Gasteiger partial charge in [-0.2, -0.15) is 0 Å². The summed E-state index contributed by atoms with van der Waals surface area (Å²) in [6, 6.07) is 4.96. The van der Waals surface area contributed by atoms with Gasteiger partial charge in [0.25, 0.3) is 0 Å².